The Morgan fingerprint density at radius 2 is 1.71 bits per heavy atom. The predicted octanol–water partition coefficient (Wildman–Crippen LogP) is 3.48. The van der Waals surface area contributed by atoms with Gasteiger partial charge in [0.15, 0.2) is 0 Å². The summed E-state index contributed by atoms with van der Waals surface area (Å²) >= 11 is 2.20. The number of rotatable bonds is 4. The first-order chi connectivity index (χ1) is 6.65. The van der Waals surface area contributed by atoms with Crippen molar-refractivity contribution in [1.82, 2.24) is 3.53 Å². The van der Waals surface area contributed by atoms with Crippen LogP contribution in [-0.2, 0) is 6.42 Å². The highest BCUT2D eigenvalue weighted by atomic mass is 127. The summed E-state index contributed by atoms with van der Waals surface area (Å²) in [7, 11) is 0. The fourth-order valence-electron chi connectivity index (χ4n) is 1.94. The van der Waals surface area contributed by atoms with E-state index < -0.39 is 0 Å². The summed E-state index contributed by atoms with van der Waals surface area (Å²) in [5.41, 5.74) is 5.78. The van der Waals surface area contributed by atoms with Crippen molar-refractivity contribution in [3.8, 4) is 0 Å². The summed E-state index contributed by atoms with van der Waals surface area (Å²) in [6, 6.07) is 4.56. The maximum absolute atomic E-state index is 3.16. The minimum absolute atomic E-state index is 1.09. The molecule has 0 aliphatic rings. The van der Waals surface area contributed by atoms with Crippen molar-refractivity contribution in [2.45, 2.75) is 33.6 Å². The van der Waals surface area contributed by atoms with Crippen LogP contribution in [0.1, 0.15) is 28.7 Å². The number of aryl methyl sites for hydroxylation is 3. The van der Waals surface area contributed by atoms with E-state index in [1.165, 1.54) is 35.1 Å². The van der Waals surface area contributed by atoms with Gasteiger partial charge in [-0.3, -0.25) is 3.53 Å². The Bertz CT molecular complexity index is 284. The fourth-order valence-corrected chi connectivity index (χ4v) is 2.32. The SMILES string of the molecule is Cc1cc(C)c(CCCNI)c(C)c1. The summed E-state index contributed by atoms with van der Waals surface area (Å²) in [4.78, 5) is 0. The second-order valence-electron chi connectivity index (χ2n) is 3.86. The smallest absolute Gasteiger partial charge is 0.0169 e. The third kappa shape index (κ3) is 3.24. The van der Waals surface area contributed by atoms with E-state index in [0.717, 1.165) is 6.54 Å². The lowest BCUT2D eigenvalue weighted by Crippen LogP contribution is -2.03. The van der Waals surface area contributed by atoms with Crippen molar-refractivity contribution in [3.63, 3.8) is 0 Å². The van der Waals surface area contributed by atoms with Gasteiger partial charge in [-0.15, -0.1) is 0 Å². The van der Waals surface area contributed by atoms with Gasteiger partial charge in [-0.1, -0.05) is 17.7 Å². The summed E-state index contributed by atoms with van der Waals surface area (Å²) < 4.78 is 3.16. The molecule has 1 nitrogen and oxygen atoms in total. The van der Waals surface area contributed by atoms with Crippen molar-refractivity contribution >= 4 is 22.9 Å². The number of benzene rings is 1. The largest absolute Gasteiger partial charge is 0.261 e. The van der Waals surface area contributed by atoms with E-state index in [4.69, 9.17) is 0 Å². The lowest BCUT2D eigenvalue weighted by Gasteiger charge is -2.10. The first-order valence-electron chi connectivity index (χ1n) is 5.05. The first kappa shape index (κ1) is 12.0. The Morgan fingerprint density at radius 1 is 1.14 bits per heavy atom. The van der Waals surface area contributed by atoms with Crippen LogP contribution in [0, 0.1) is 20.8 Å². The average Bonchev–Trinajstić information content (AvgIpc) is 2.09. The van der Waals surface area contributed by atoms with Gasteiger partial charge in [-0.05, 0) is 50.3 Å². The number of nitrogens with one attached hydrogen (secondary N) is 1. The molecule has 1 aromatic rings. The van der Waals surface area contributed by atoms with Crippen LogP contribution in [0.25, 0.3) is 0 Å². The van der Waals surface area contributed by atoms with Gasteiger partial charge in [0.2, 0.25) is 0 Å². The maximum atomic E-state index is 3.16. The highest BCUT2D eigenvalue weighted by Crippen LogP contribution is 2.17. The van der Waals surface area contributed by atoms with E-state index in [1.54, 1.807) is 0 Å². The number of hydrogen-bond donors (Lipinski definition) is 1. The molecule has 1 aromatic carbocycles. The molecule has 0 radical (unpaired) electrons. The zero-order valence-corrected chi connectivity index (χ0v) is 11.3. The normalized spacial score (nSPS) is 10.6. The fraction of sp³-hybridized carbons (Fsp3) is 0.500. The Labute approximate surface area is 101 Å². The summed E-state index contributed by atoms with van der Waals surface area (Å²) in [6.45, 7) is 7.68. The van der Waals surface area contributed by atoms with Crippen LogP contribution in [0.4, 0.5) is 0 Å². The van der Waals surface area contributed by atoms with Crippen LogP contribution in [-0.4, -0.2) is 6.54 Å². The van der Waals surface area contributed by atoms with E-state index in [-0.39, 0.29) is 0 Å². The van der Waals surface area contributed by atoms with Crippen LogP contribution in [0.15, 0.2) is 12.1 Å². The van der Waals surface area contributed by atoms with Crippen LogP contribution < -0.4 is 3.53 Å². The predicted molar refractivity (Wildman–Crippen MR) is 71.0 cm³/mol. The standard InChI is InChI=1S/C12H18IN/c1-9-7-10(2)12(11(3)8-9)5-4-6-14-13/h7-8,14H,4-6H2,1-3H3. The van der Waals surface area contributed by atoms with Gasteiger partial charge < -0.3 is 0 Å². The molecule has 0 amide bonds. The molecule has 1 rings (SSSR count). The zero-order chi connectivity index (χ0) is 10.6. The zero-order valence-electron chi connectivity index (χ0n) is 9.15. The topological polar surface area (TPSA) is 12.0 Å². The van der Waals surface area contributed by atoms with Crippen LogP contribution in [0.5, 0.6) is 0 Å². The van der Waals surface area contributed by atoms with E-state index in [1.807, 2.05) is 0 Å². The van der Waals surface area contributed by atoms with Crippen LogP contribution in [0.2, 0.25) is 0 Å². The molecule has 0 fully saturated rings. The molecule has 0 atom stereocenters. The molecule has 0 unspecified atom stereocenters. The second kappa shape index (κ2) is 5.71. The summed E-state index contributed by atoms with van der Waals surface area (Å²) in [5, 5.41) is 0. The molecule has 0 aliphatic carbocycles. The Hall–Kier alpha value is -0.0900. The minimum atomic E-state index is 1.09. The van der Waals surface area contributed by atoms with Crippen molar-refractivity contribution < 1.29 is 0 Å². The van der Waals surface area contributed by atoms with Gasteiger partial charge >= 0.3 is 0 Å². The Morgan fingerprint density at radius 3 is 2.21 bits per heavy atom. The van der Waals surface area contributed by atoms with Gasteiger partial charge in [0.25, 0.3) is 0 Å². The second-order valence-corrected chi connectivity index (χ2v) is 4.63. The molecule has 0 saturated heterocycles. The van der Waals surface area contributed by atoms with E-state index in [0.29, 0.717) is 0 Å². The monoisotopic (exact) mass is 303 g/mol. The molecule has 0 saturated carbocycles. The lowest BCUT2D eigenvalue weighted by molar-refractivity contribution is 0.803. The molecular formula is C12H18IN. The van der Waals surface area contributed by atoms with Gasteiger partial charge in [0, 0.05) is 29.4 Å². The van der Waals surface area contributed by atoms with Crippen LogP contribution >= 0.6 is 22.9 Å². The molecule has 0 heterocycles. The van der Waals surface area contributed by atoms with Gasteiger partial charge in [0.05, 0.1) is 0 Å². The molecule has 78 valence electrons. The quantitative estimate of drug-likeness (QED) is 0.510. The molecular weight excluding hydrogens is 285 g/mol. The molecule has 1 N–H and O–H groups in total. The molecule has 0 bridgehead atoms. The third-order valence-electron chi connectivity index (χ3n) is 2.54. The molecule has 0 aromatic heterocycles. The van der Waals surface area contributed by atoms with Crippen molar-refractivity contribution in [3.05, 3.63) is 34.4 Å². The minimum Gasteiger partial charge on any atom is -0.261 e. The van der Waals surface area contributed by atoms with Crippen molar-refractivity contribution in [2.75, 3.05) is 6.54 Å². The number of halogens is 1. The number of hydrogen-bond acceptors (Lipinski definition) is 1. The molecule has 2 heteroatoms. The summed E-state index contributed by atoms with van der Waals surface area (Å²) in [6.07, 6.45) is 2.40. The Balaban J connectivity index is 2.75. The maximum Gasteiger partial charge on any atom is 0.0169 e. The third-order valence-corrected chi connectivity index (χ3v) is 3.08. The molecule has 0 spiro atoms. The van der Waals surface area contributed by atoms with Gasteiger partial charge in [0.1, 0.15) is 0 Å². The highest BCUT2D eigenvalue weighted by Gasteiger charge is 2.02. The first-order valence-corrected chi connectivity index (χ1v) is 6.13. The average molecular weight is 303 g/mol. The summed E-state index contributed by atoms with van der Waals surface area (Å²) in [5.74, 6) is 0. The molecule has 14 heavy (non-hydrogen) atoms. The highest BCUT2D eigenvalue weighted by molar-refractivity contribution is 14.1. The van der Waals surface area contributed by atoms with Crippen molar-refractivity contribution in [1.29, 1.82) is 0 Å². The van der Waals surface area contributed by atoms with E-state index in [2.05, 4.69) is 59.3 Å². The Kier molecular flexibility index (Phi) is 4.89. The van der Waals surface area contributed by atoms with Crippen molar-refractivity contribution in [2.24, 2.45) is 0 Å². The molecule has 0 aliphatic heterocycles. The van der Waals surface area contributed by atoms with E-state index in [9.17, 15) is 0 Å². The van der Waals surface area contributed by atoms with Crippen LogP contribution in [0.3, 0.4) is 0 Å². The van der Waals surface area contributed by atoms with E-state index >= 15 is 0 Å². The van der Waals surface area contributed by atoms with Gasteiger partial charge in [-0.25, -0.2) is 0 Å². The van der Waals surface area contributed by atoms with Gasteiger partial charge in [-0.2, -0.15) is 0 Å². The lowest BCUT2D eigenvalue weighted by atomic mass is 9.96.